The van der Waals surface area contributed by atoms with Crippen LogP contribution in [-0.2, 0) is 28.9 Å². The number of H-pyrrole nitrogens is 3. The summed E-state index contributed by atoms with van der Waals surface area (Å²) in [5.74, 6) is 0.146. The minimum Gasteiger partial charge on any atom is -0.497 e. The predicted molar refractivity (Wildman–Crippen MR) is 165 cm³/mol. The number of hydrogen-bond donors (Lipinski definition) is 6. The molecule has 0 radical (unpaired) electrons. The number of nitrogens with one attached hydrogen (secondary N) is 5. The number of ether oxygens (including phenoxy) is 1. The Morgan fingerprint density at radius 2 is 1.36 bits per heavy atom. The minimum atomic E-state index is -0.816. The minimum absolute atomic E-state index is 0.259. The van der Waals surface area contributed by atoms with E-state index in [0.717, 1.165) is 55.1 Å². The first kappa shape index (κ1) is 27.2. The van der Waals surface area contributed by atoms with Gasteiger partial charge in [-0.15, -0.1) is 0 Å². The number of carbonyl (C=O) groups is 2. The molecule has 3 aromatic carbocycles. The molecule has 6 aromatic rings. The second kappa shape index (κ2) is 11.8. The van der Waals surface area contributed by atoms with Crippen LogP contribution in [0.1, 0.15) is 16.7 Å². The monoisotopic (exact) mass is 562 g/mol. The topological polar surface area (TPSA) is 141 Å². The standard InChI is InChI=1S/C33H34N6O3/c1-42-23-10-11-30-26(16-23)20(17-36-30)12-13-35-33(41)31(15-22-19-38-29-9-5-3-7-25(22)29)39-32(40)27(34)14-21-18-37-28-8-4-2-6-24(21)28/h2-11,16-19,27,31,36-38H,12-15,34H2,1H3,(H,35,41)(H,39,40)/t27-,31-/m0/s1. The maximum absolute atomic E-state index is 13.5. The molecule has 3 aromatic heterocycles. The van der Waals surface area contributed by atoms with E-state index in [0.29, 0.717) is 25.8 Å². The molecule has 0 aliphatic rings. The van der Waals surface area contributed by atoms with Crippen molar-refractivity contribution < 1.29 is 14.3 Å². The summed E-state index contributed by atoms with van der Waals surface area (Å²) < 4.78 is 5.37. The SMILES string of the molecule is COc1ccc2[nH]cc(CCNC(=O)[C@H](Cc3c[nH]c4ccccc34)NC(=O)[C@@H](N)Cc3c[nH]c4ccccc34)c2c1. The molecule has 2 amide bonds. The van der Waals surface area contributed by atoms with Crippen molar-refractivity contribution in [3.8, 4) is 5.75 Å². The van der Waals surface area contributed by atoms with Gasteiger partial charge in [0, 0.05) is 64.3 Å². The van der Waals surface area contributed by atoms with Crippen LogP contribution in [0.15, 0.2) is 85.3 Å². The van der Waals surface area contributed by atoms with Crippen LogP contribution in [0.25, 0.3) is 32.7 Å². The van der Waals surface area contributed by atoms with Crippen LogP contribution in [0.4, 0.5) is 0 Å². The van der Waals surface area contributed by atoms with Gasteiger partial charge in [-0.25, -0.2) is 0 Å². The summed E-state index contributed by atoms with van der Waals surface area (Å²) in [7, 11) is 1.64. The highest BCUT2D eigenvalue weighted by Crippen LogP contribution is 2.24. The first-order valence-electron chi connectivity index (χ1n) is 14.1. The van der Waals surface area contributed by atoms with E-state index in [-0.39, 0.29) is 11.8 Å². The zero-order valence-electron chi connectivity index (χ0n) is 23.4. The van der Waals surface area contributed by atoms with Crippen LogP contribution in [0, 0.1) is 0 Å². The molecule has 0 unspecified atom stereocenters. The molecule has 0 spiro atoms. The van der Waals surface area contributed by atoms with Crippen molar-refractivity contribution in [3.05, 3.63) is 102 Å². The summed E-state index contributed by atoms with van der Waals surface area (Å²) >= 11 is 0. The lowest BCUT2D eigenvalue weighted by Crippen LogP contribution is -2.53. The highest BCUT2D eigenvalue weighted by atomic mass is 16.5. The number of para-hydroxylation sites is 2. The molecule has 0 saturated carbocycles. The molecular formula is C33H34N6O3. The van der Waals surface area contributed by atoms with Gasteiger partial charge in [0.25, 0.3) is 0 Å². The van der Waals surface area contributed by atoms with Crippen LogP contribution >= 0.6 is 0 Å². The van der Waals surface area contributed by atoms with Crippen LogP contribution in [-0.4, -0.2) is 52.5 Å². The number of aromatic nitrogens is 3. The van der Waals surface area contributed by atoms with E-state index in [9.17, 15) is 9.59 Å². The number of methoxy groups -OCH3 is 1. The Kier molecular flexibility index (Phi) is 7.66. The Hall–Kier alpha value is -5.02. The molecule has 3 heterocycles. The van der Waals surface area contributed by atoms with Crippen molar-refractivity contribution in [3.63, 3.8) is 0 Å². The van der Waals surface area contributed by atoms with Gasteiger partial charge in [-0.3, -0.25) is 9.59 Å². The number of fused-ring (bicyclic) bond motifs is 3. The second-order valence-corrected chi connectivity index (χ2v) is 10.6. The van der Waals surface area contributed by atoms with Gasteiger partial charge in [0.15, 0.2) is 0 Å². The lowest BCUT2D eigenvalue weighted by atomic mass is 10.0. The fourth-order valence-corrected chi connectivity index (χ4v) is 5.57. The van der Waals surface area contributed by atoms with Gasteiger partial charge >= 0.3 is 0 Å². The van der Waals surface area contributed by atoms with E-state index in [4.69, 9.17) is 10.5 Å². The Balaban J connectivity index is 1.16. The smallest absolute Gasteiger partial charge is 0.242 e. The number of hydrogen-bond acceptors (Lipinski definition) is 4. The molecule has 9 nitrogen and oxygen atoms in total. The summed E-state index contributed by atoms with van der Waals surface area (Å²) in [6.45, 7) is 0.407. The maximum Gasteiger partial charge on any atom is 0.242 e. The van der Waals surface area contributed by atoms with E-state index in [1.54, 1.807) is 7.11 Å². The van der Waals surface area contributed by atoms with Crippen molar-refractivity contribution >= 4 is 44.5 Å². The number of amides is 2. The Morgan fingerprint density at radius 1 is 0.762 bits per heavy atom. The molecule has 0 aliphatic carbocycles. The van der Waals surface area contributed by atoms with Gasteiger partial charge in [0.05, 0.1) is 13.2 Å². The van der Waals surface area contributed by atoms with Gasteiger partial charge < -0.3 is 36.1 Å². The van der Waals surface area contributed by atoms with E-state index < -0.39 is 12.1 Å². The summed E-state index contributed by atoms with van der Waals surface area (Å²) in [6, 6.07) is 20.1. The first-order chi connectivity index (χ1) is 20.5. The fraction of sp³-hybridized carbons (Fsp3) is 0.212. The number of rotatable bonds is 11. The molecule has 214 valence electrons. The zero-order chi connectivity index (χ0) is 29.1. The van der Waals surface area contributed by atoms with Crippen molar-refractivity contribution in [2.24, 2.45) is 5.73 Å². The summed E-state index contributed by atoms with van der Waals surface area (Å²) in [6.07, 6.45) is 7.02. The van der Waals surface area contributed by atoms with E-state index >= 15 is 0 Å². The summed E-state index contributed by atoms with van der Waals surface area (Å²) in [4.78, 5) is 36.6. The van der Waals surface area contributed by atoms with Gasteiger partial charge in [-0.2, -0.15) is 0 Å². The summed E-state index contributed by atoms with van der Waals surface area (Å²) in [5.41, 5.74) is 12.3. The van der Waals surface area contributed by atoms with Crippen LogP contribution in [0.3, 0.4) is 0 Å². The van der Waals surface area contributed by atoms with Gasteiger partial charge in [-0.05, 0) is 59.9 Å². The highest BCUT2D eigenvalue weighted by Gasteiger charge is 2.26. The van der Waals surface area contributed by atoms with Crippen LogP contribution in [0.2, 0.25) is 0 Å². The lowest BCUT2D eigenvalue weighted by Gasteiger charge is -2.21. The van der Waals surface area contributed by atoms with Crippen LogP contribution in [0.5, 0.6) is 5.75 Å². The Bertz CT molecular complexity index is 1870. The molecule has 42 heavy (non-hydrogen) atoms. The first-order valence-corrected chi connectivity index (χ1v) is 14.1. The Morgan fingerprint density at radius 3 is 2.02 bits per heavy atom. The number of aromatic amines is 3. The fourth-order valence-electron chi connectivity index (χ4n) is 5.57. The zero-order valence-corrected chi connectivity index (χ0v) is 23.4. The van der Waals surface area contributed by atoms with E-state index in [2.05, 4.69) is 25.6 Å². The van der Waals surface area contributed by atoms with Crippen molar-refractivity contribution in [1.82, 2.24) is 25.6 Å². The number of carbonyl (C=O) groups excluding carboxylic acids is 2. The Labute approximate surface area is 242 Å². The average Bonchev–Trinajstić information content (AvgIpc) is 3.74. The van der Waals surface area contributed by atoms with Crippen molar-refractivity contribution in [2.75, 3.05) is 13.7 Å². The van der Waals surface area contributed by atoms with Crippen molar-refractivity contribution in [1.29, 1.82) is 0 Å². The van der Waals surface area contributed by atoms with Gasteiger partial charge in [-0.1, -0.05) is 36.4 Å². The van der Waals surface area contributed by atoms with Gasteiger partial charge in [0.2, 0.25) is 11.8 Å². The van der Waals surface area contributed by atoms with Gasteiger partial charge in [0.1, 0.15) is 11.8 Å². The molecule has 0 saturated heterocycles. The van der Waals surface area contributed by atoms with Crippen molar-refractivity contribution in [2.45, 2.75) is 31.3 Å². The molecule has 6 rings (SSSR count). The molecule has 0 aliphatic heterocycles. The van der Waals surface area contributed by atoms with Crippen LogP contribution < -0.4 is 21.1 Å². The molecule has 0 fully saturated rings. The molecule has 2 atom stereocenters. The van der Waals surface area contributed by atoms with E-state index in [1.807, 2.05) is 85.3 Å². The third-order valence-corrected chi connectivity index (χ3v) is 7.85. The number of nitrogens with two attached hydrogens (primary N) is 1. The molecular weight excluding hydrogens is 528 g/mol. The summed E-state index contributed by atoms with van der Waals surface area (Å²) in [5, 5.41) is 9.08. The molecule has 0 bridgehead atoms. The molecule has 7 N–H and O–H groups in total. The van der Waals surface area contributed by atoms with E-state index in [1.165, 1.54) is 0 Å². The quantitative estimate of drug-likeness (QED) is 0.141. The largest absolute Gasteiger partial charge is 0.497 e. The number of benzene rings is 3. The maximum atomic E-state index is 13.5. The normalized spacial score (nSPS) is 12.9. The average molecular weight is 563 g/mol. The third-order valence-electron chi connectivity index (χ3n) is 7.85. The third kappa shape index (κ3) is 5.59. The lowest BCUT2D eigenvalue weighted by molar-refractivity contribution is -0.129. The second-order valence-electron chi connectivity index (χ2n) is 10.6. The highest BCUT2D eigenvalue weighted by molar-refractivity contribution is 5.92. The predicted octanol–water partition coefficient (Wildman–Crippen LogP) is 4.10. The molecule has 9 heteroatoms.